The van der Waals surface area contributed by atoms with Gasteiger partial charge in [-0.05, 0) is 13.0 Å². The van der Waals surface area contributed by atoms with Gasteiger partial charge < -0.3 is 15.5 Å². The van der Waals surface area contributed by atoms with Crippen molar-refractivity contribution < 1.29 is 10.2 Å². The topological polar surface area (TPSA) is 70.3 Å². The van der Waals surface area contributed by atoms with E-state index in [1.165, 1.54) is 6.07 Å². The molecule has 0 saturated heterocycles. The van der Waals surface area contributed by atoms with Crippen molar-refractivity contribution >= 4 is 0 Å². The fraction of sp³-hybridized carbons (Fsp3) is 0.308. The number of benzene rings is 1. The molecule has 2 rings (SSSR count). The summed E-state index contributed by atoms with van der Waals surface area (Å²) in [4.78, 5) is 0. The zero-order chi connectivity index (χ0) is 13.1. The predicted octanol–water partition coefficient (Wildman–Crippen LogP) is 1.43. The molecule has 0 fully saturated rings. The molecule has 1 aromatic heterocycles. The lowest BCUT2D eigenvalue weighted by atomic mass is 10.2. The first kappa shape index (κ1) is 12.4. The van der Waals surface area contributed by atoms with Crippen molar-refractivity contribution in [3.05, 3.63) is 41.2 Å². The maximum Gasteiger partial charge on any atom is 0.161 e. The normalized spacial score (nSPS) is 10.8. The van der Waals surface area contributed by atoms with E-state index in [2.05, 4.69) is 10.4 Å². The molecule has 2 aromatic rings. The largest absolute Gasteiger partial charge is 0.504 e. The van der Waals surface area contributed by atoms with E-state index < -0.39 is 0 Å². The van der Waals surface area contributed by atoms with Gasteiger partial charge in [-0.25, -0.2) is 0 Å². The minimum absolute atomic E-state index is 0.0621. The molecule has 1 aromatic carbocycles. The molecular weight excluding hydrogens is 230 g/mol. The van der Waals surface area contributed by atoms with E-state index in [0.29, 0.717) is 18.7 Å². The average molecular weight is 247 g/mol. The van der Waals surface area contributed by atoms with E-state index in [1.807, 2.05) is 24.9 Å². The van der Waals surface area contributed by atoms with Gasteiger partial charge in [-0.1, -0.05) is 12.1 Å². The molecule has 0 saturated carbocycles. The molecule has 96 valence electrons. The highest BCUT2D eigenvalue weighted by Gasteiger charge is 2.06. The average Bonchev–Trinajstić information content (AvgIpc) is 2.66. The summed E-state index contributed by atoms with van der Waals surface area (Å²) in [6.45, 7) is 3.18. The van der Waals surface area contributed by atoms with Crippen LogP contribution in [0.3, 0.4) is 0 Å². The summed E-state index contributed by atoms with van der Waals surface area (Å²) in [6.07, 6.45) is 1.82. The molecule has 0 spiro atoms. The van der Waals surface area contributed by atoms with Crippen molar-refractivity contribution in [3.63, 3.8) is 0 Å². The number of nitrogens with one attached hydrogen (secondary N) is 1. The number of aryl methyl sites for hydroxylation is 1. The molecule has 0 bridgehead atoms. The molecular formula is C13H17N3O2. The minimum atomic E-state index is -0.0909. The maximum absolute atomic E-state index is 9.65. The smallest absolute Gasteiger partial charge is 0.161 e. The highest BCUT2D eigenvalue weighted by molar-refractivity contribution is 5.44. The number of phenolic OH excluding ortho intramolecular Hbond substituents is 2. The zero-order valence-corrected chi connectivity index (χ0v) is 10.5. The van der Waals surface area contributed by atoms with Crippen LogP contribution < -0.4 is 5.32 Å². The van der Waals surface area contributed by atoms with E-state index in [9.17, 15) is 10.2 Å². The molecule has 1 heterocycles. The Balaban J connectivity index is 1.97. The number of para-hydroxylation sites is 1. The zero-order valence-electron chi connectivity index (χ0n) is 10.5. The molecule has 0 aliphatic carbocycles. The van der Waals surface area contributed by atoms with Crippen molar-refractivity contribution in [1.82, 2.24) is 15.1 Å². The second-order valence-corrected chi connectivity index (χ2v) is 4.27. The van der Waals surface area contributed by atoms with Crippen LogP contribution in [0.2, 0.25) is 0 Å². The number of rotatable bonds is 4. The summed E-state index contributed by atoms with van der Waals surface area (Å²) in [7, 11) is 1.90. The second-order valence-electron chi connectivity index (χ2n) is 4.27. The number of hydrogen-bond donors (Lipinski definition) is 3. The van der Waals surface area contributed by atoms with Crippen LogP contribution >= 0.6 is 0 Å². The Bertz CT molecular complexity index is 549. The van der Waals surface area contributed by atoms with Gasteiger partial charge in [-0.2, -0.15) is 5.10 Å². The lowest BCUT2D eigenvalue weighted by molar-refractivity contribution is 0.397. The van der Waals surface area contributed by atoms with Crippen LogP contribution in [0.4, 0.5) is 0 Å². The van der Waals surface area contributed by atoms with Crippen LogP contribution in [-0.4, -0.2) is 20.0 Å². The van der Waals surface area contributed by atoms with Gasteiger partial charge in [0.2, 0.25) is 0 Å². The molecule has 0 aliphatic rings. The predicted molar refractivity (Wildman–Crippen MR) is 68.3 cm³/mol. The van der Waals surface area contributed by atoms with Gasteiger partial charge in [0.15, 0.2) is 11.5 Å². The van der Waals surface area contributed by atoms with Gasteiger partial charge in [0.1, 0.15) is 0 Å². The summed E-state index contributed by atoms with van der Waals surface area (Å²) < 4.78 is 1.82. The highest BCUT2D eigenvalue weighted by atomic mass is 16.3. The van der Waals surface area contributed by atoms with Gasteiger partial charge in [-0.3, -0.25) is 4.68 Å². The summed E-state index contributed by atoms with van der Waals surface area (Å²) in [6, 6.07) is 4.95. The molecule has 5 nitrogen and oxygen atoms in total. The van der Waals surface area contributed by atoms with Crippen LogP contribution in [0.5, 0.6) is 11.5 Å². The third kappa shape index (κ3) is 2.46. The molecule has 5 heteroatoms. The van der Waals surface area contributed by atoms with Gasteiger partial charge >= 0.3 is 0 Å². The van der Waals surface area contributed by atoms with E-state index in [4.69, 9.17) is 0 Å². The van der Waals surface area contributed by atoms with Crippen molar-refractivity contribution in [1.29, 1.82) is 0 Å². The fourth-order valence-electron chi connectivity index (χ4n) is 1.77. The number of nitrogens with zero attached hydrogens (tertiary/aromatic N) is 2. The van der Waals surface area contributed by atoms with E-state index in [-0.39, 0.29) is 11.5 Å². The molecule has 0 atom stereocenters. The number of phenols is 2. The third-order valence-electron chi connectivity index (χ3n) is 3.07. The Morgan fingerprint density at radius 1 is 1.22 bits per heavy atom. The van der Waals surface area contributed by atoms with Crippen molar-refractivity contribution in [2.75, 3.05) is 0 Å². The fourth-order valence-corrected chi connectivity index (χ4v) is 1.77. The molecule has 0 radical (unpaired) electrons. The first-order valence-electron chi connectivity index (χ1n) is 5.77. The number of hydrogen-bond acceptors (Lipinski definition) is 4. The Morgan fingerprint density at radius 2 is 1.94 bits per heavy atom. The van der Waals surface area contributed by atoms with Crippen LogP contribution in [0.1, 0.15) is 16.8 Å². The molecule has 3 N–H and O–H groups in total. The van der Waals surface area contributed by atoms with Crippen molar-refractivity contribution in [3.8, 4) is 11.5 Å². The molecule has 18 heavy (non-hydrogen) atoms. The second kappa shape index (κ2) is 5.10. The van der Waals surface area contributed by atoms with E-state index >= 15 is 0 Å². The van der Waals surface area contributed by atoms with Crippen LogP contribution in [0, 0.1) is 6.92 Å². The number of aromatic nitrogens is 2. The first-order valence-corrected chi connectivity index (χ1v) is 5.77. The van der Waals surface area contributed by atoms with Gasteiger partial charge in [0.05, 0.1) is 6.20 Å². The highest BCUT2D eigenvalue weighted by Crippen LogP contribution is 2.27. The Hall–Kier alpha value is -2.01. The molecule has 0 amide bonds. The van der Waals surface area contributed by atoms with Crippen molar-refractivity contribution in [2.45, 2.75) is 20.0 Å². The first-order chi connectivity index (χ1) is 8.59. The molecule has 0 unspecified atom stereocenters. The van der Waals surface area contributed by atoms with Crippen molar-refractivity contribution in [2.24, 2.45) is 7.05 Å². The minimum Gasteiger partial charge on any atom is -0.504 e. The third-order valence-corrected chi connectivity index (χ3v) is 3.07. The SMILES string of the molecule is Cc1c(CNCc2cccc(O)c2O)cnn1C. The van der Waals surface area contributed by atoms with Crippen LogP contribution in [0.15, 0.2) is 24.4 Å². The van der Waals surface area contributed by atoms with Crippen LogP contribution in [-0.2, 0) is 20.1 Å². The summed E-state index contributed by atoms with van der Waals surface area (Å²) in [5, 5.41) is 26.4. The summed E-state index contributed by atoms with van der Waals surface area (Å²) in [5.41, 5.74) is 2.91. The van der Waals surface area contributed by atoms with Crippen LogP contribution in [0.25, 0.3) is 0 Å². The summed E-state index contributed by atoms with van der Waals surface area (Å²) >= 11 is 0. The standard InChI is InChI=1S/C13H17N3O2/c1-9-11(8-15-16(9)2)7-14-6-10-4-3-5-12(17)13(10)18/h3-5,8,14,17-18H,6-7H2,1-2H3. The van der Waals surface area contributed by atoms with Gasteiger partial charge in [-0.15, -0.1) is 0 Å². The summed E-state index contributed by atoms with van der Waals surface area (Å²) in [5.74, 6) is -0.153. The Labute approximate surface area is 106 Å². The van der Waals surface area contributed by atoms with Gasteiger partial charge in [0, 0.05) is 37.0 Å². The van der Waals surface area contributed by atoms with E-state index in [1.54, 1.807) is 12.1 Å². The maximum atomic E-state index is 9.65. The Morgan fingerprint density at radius 3 is 2.61 bits per heavy atom. The quantitative estimate of drug-likeness (QED) is 0.715. The van der Waals surface area contributed by atoms with Gasteiger partial charge in [0.25, 0.3) is 0 Å². The van der Waals surface area contributed by atoms with E-state index in [0.717, 1.165) is 11.3 Å². The monoisotopic (exact) mass is 247 g/mol. The number of aromatic hydroxyl groups is 2. The lowest BCUT2D eigenvalue weighted by Gasteiger charge is -2.07. The Kier molecular flexibility index (Phi) is 3.53. The lowest BCUT2D eigenvalue weighted by Crippen LogP contribution is -2.13. The molecule has 0 aliphatic heterocycles.